The van der Waals surface area contributed by atoms with Crippen LogP contribution in [0.25, 0.3) is 10.9 Å². The number of pyridine rings is 1. The van der Waals surface area contributed by atoms with E-state index in [2.05, 4.69) is 29.0 Å². The van der Waals surface area contributed by atoms with Gasteiger partial charge in [-0.15, -0.1) is 0 Å². The van der Waals surface area contributed by atoms with Gasteiger partial charge in [-0.05, 0) is 74.5 Å². The first kappa shape index (κ1) is 19.7. The summed E-state index contributed by atoms with van der Waals surface area (Å²) in [4.78, 5) is 29.2. The molecule has 5 nitrogen and oxygen atoms in total. The molecule has 2 N–H and O–H groups in total. The van der Waals surface area contributed by atoms with Gasteiger partial charge < -0.3 is 15.2 Å². The zero-order valence-corrected chi connectivity index (χ0v) is 16.7. The van der Waals surface area contributed by atoms with Crippen molar-refractivity contribution in [2.75, 3.05) is 23.3 Å². The first-order valence-electron chi connectivity index (χ1n) is 9.77. The van der Waals surface area contributed by atoms with Crippen LogP contribution < -0.4 is 15.8 Å². The number of rotatable bonds is 7. The number of anilines is 2. The lowest BCUT2D eigenvalue weighted by Crippen LogP contribution is -2.21. The fraction of sp³-hybridized carbons (Fsp3) is 0.304. The molecule has 0 saturated carbocycles. The number of aromatic nitrogens is 1. The van der Waals surface area contributed by atoms with Crippen molar-refractivity contribution in [3.05, 3.63) is 70.0 Å². The van der Waals surface area contributed by atoms with E-state index in [-0.39, 0.29) is 11.5 Å². The topological polar surface area (TPSA) is 65.2 Å². The Bertz CT molecular complexity index is 1020. The Morgan fingerprint density at radius 1 is 1.04 bits per heavy atom. The molecule has 3 rings (SSSR count). The molecule has 3 aromatic rings. The van der Waals surface area contributed by atoms with E-state index < -0.39 is 0 Å². The number of carbonyl (C=O) groups excluding carboxylic acids is 1. The summed E-state index contributed by atoms with van der Waals surface area (Å²) < 4.78 is 0. The van der Waals surface area contributed by atoms with Crippen LogP contribution in [0.4, 0.5) is 11.4 Å². The molecule has 0 atom stereocenters. The number of aryl methyl sites for hydroxylation is 2. The Balaban J connectivity index is 1.60. The summed E-state index contributed by atoms with van der Waals surface area (Å²) in [6, 6.07) is 15.8. The van der Waals surface area contributed by atoms with E-state index in [1.165, 1.54) is 0 Å². The van der Waals surface area contributed by atoms with Crippen LogP contribution in [0.1, 0.15) is 31.4 Å². The zero-order valence-electron chi connectivity index (χ0n) is 16.7. The second kappa shape index (κ2) is 8.74. The predicted molar refractivity (Wildman–Crippen MR) is 116 cm³/mol. The van der Waals surface area contributed by atoms with Gasteiger partial charge in [-0.1, -0.05) is 12.1 Å². The minimum absolute atomic E-state index is 0.0203. The molecular formula is C23H27N3O2. The summed E-state index contributed by atoms with van der Waals surface area (Å²) in [5, 5.41) is 3.95. The Hall–Kier alpha value is -3.08. The standard InChI is InChI=1S/C23H27N3O2/c1-4-26(5-2)20-11-9-19(10-12-20)24-22(27)13-7-17-6-8-18-14-16(3)23(28)25-21(18)15-17/h6,8-12,14-15H,4-5,7,13H2,1-3H3,(H,24,27)(H,25,28). The molecule has 0 fully saturated rings. The predicted octanol–water partition coefficient (Wildman–Crippen LogP) is 4.25. The van der Waals surface area contributed by atoms with Crippen molar-refractivity contribution in [3.8, 4) is 0 Å². The van der Waals surface area contributed by atoms with Crippen molar-refractivity contribution in [2.45, 2.75) is 33.6 Å². The third-order valence-corrected chi connectivity index (χ3v) is 5.02. The first-order valence-corrected chi connectivity index (χ1v) is 9.77. The van der Waals surface area contributed by atoms with Crippen molar-refractivity contribution in [1.29, 1.82) is 0 Å². The Kier molecular flexibility index (Phi) is 6.14. The smallest absolute Gasteiger partial charge is 0.251 e. The van der Waals surface area contributed by atoms with E-state index in [0.29, 0.717) is 18.4 Å². The number of amides is 1. The highest BCUT2D eigenvalue weighted by Crippen LogP contribution is 2.18. The number of carbonyl (C=O) groups is 1. The van der Waals surface area contributed by atoms with Gasteiger partial charge in [0.25, 0.3) is 5.56 Å². The van der Waals surface area contributed by atoms with Crippen LogP contribution in [0.15, 0.2) is 53.3 Å². The molecule has 0 radical (unpaired) electrons. The van der Waals surface area contributed by atoms with Crippen LogP contribution in [0, 0.1) is 6.92 Å². The monoisotopic (exact) mass is 377 g/mol. The third-order valence-electron chi connectivity index (χ3n) is 5.02. The van der Waals surface area contributed by atoms with Gasteiger partial charge >= 0.3 is 0 Å². The molecule has 5 heteroatoms. The van der Waals surface area contributed by atoms with Gasteiger partial charge in [0, 0.05) is 42.0 Å². The van der Waals surface area contributed by atoms with Gasteiger partial charge in [-0.25, -0.2) is 0 Å². The molecule has 0 saturated heterocycles. The lowest BCUT2D eigenvalue weighted by Gasteiger charge is -2.21. The van der Waals surface area contributed by atoms with Gasteiger partial charge in [-0.2, -0.15) is 0 Å². The van der Waals surface area contributed by atoms with Crippen LogP contribution in [0.2, 0.25) is 0 Å². The lowest BCUT2D eigenvalue weighted by molar-refractivity contribution is -0.116. The van der Waals surface area contributed by atoms with E-state index in [4.69, 9.17) is 0 Å². The number of hydrogen-bond acceptors (Lipinski definition) is 3. The van der Waals surface area contributed by atoms with Crippen LogP contribution >= 0.6 is 0 Å². The number of hydrogen-bond donors (Lipinski definition) is 2. The number of fused-ring (bicyclic) bond motifs is 1. The van der Waals surface area contributed by atoms with Crippen molar-refractivity contribution in [1.82, 2.24) is 4.98 Å². The van der Waals surface area contributed by atoms with Crippen LogP contribution in [-0.2, 0) is 11.2 Å². The fourth-order valence-corrected chi connectivity index (χ4v) is 3.34. The first-order chi connectivity index (χ1) is 13.5. The van der Waals surface area contributed by atoms with Crippen molar-refractivity contribution < 1.29 is 4.79 Å². The number of nitrogens with one attached hydrogen (secondary N) is 2. The molecule has 0 spiro atoms. The normalized spacial score (nSPS) is 10.8. The second-order valence-corrected chi connectivity index (χ2v) is 6.97. The molecular weight excluding hydrogens is 350 g/mol. The molecule has 2 aromatic carbocycles. The number of nitrogens with zero attached hydrogens (tertiary/aromatic N) is 1. The number of aromatic amines is 1. The molecule has 146 valence electrons. The summed E-state index contributed by atoms with van der Waals surface area (Å²) in [6.45, 7) is 7.97. The second-order valence-electron chi connectivity index (χ2n) is 6.97. The molecule has 28 heavy (non-hydrogen) atoms. The van der Waals surface area contributed by atoms with Crippen molar-refractivity contribution in [3.63, 3.8) is 0 Å². The zero-order chi connectivity index (χ0) is 20.1. The summed E-state index contributed by atoms with van der Waals surface area (Å²) in [5.74, 6) is -0.0203. The maximum Gasteiger partial charge on any atom is 0.251 e. The largest absolute Gasteiger partial charge is 0.372 e. The fourth-order valence-electron chi connectivity index (χ4n) is 3.34. The van der Waals surface area contributed by atoms with E-state index >= 15 is 0 Å². The number of H-pyrrole nitrogens is 1. The van der Waals surface area contributed by atoms with E-state index in [9.17, 15) is 9.59 Å². The van der Waals surface area contributed by atoms with Gasteiger partial charge in [-0.3, -0.25) is 9.59 Å². The quantitative estimate of drug-likeness (QED) is 0.647. The summed E-state index contributed by atoms with van der Waals surface area (Å²) in [5.41, 5.74) is 4.42. The molecule has 0 aliphatic heterocycles. The molecule has 0 aliphatic carbocycles. The van der Waals surface area contributed by atoms with Crippen LogP contribution in [-0.4, -0.2) is 24.0 Å². The van der Waals surface area contributed by atoms with E-state index in [0.717, 1.165) is 40.9 Å². The Labute approximate surface area is 165 Å². The average molecular weight is 377 g/mol. The maximum atomic E-state index is 12.3. The molecule has 0 bridgehead atoms. The summed E-state index contributed by atoms with van der Waals surface area (Å²) >= 11 is 0. The molecule has 0 unspecified atom stereocenters. The SMILES string of the molecule is CCN(CC)c1ccc(NC(=O)CCc2ccc3cc(C)c(=O)[nH]c3c2)cc1. The third kappa shape index (κ3) is 4.60. The van der Waals surface area contributed by atoms with Gasteiger partial charge in [0.2, 0.25) is 5.91 Å². The van der Waals surface area contributed by atoms with Gasteiger partial charge in [0.05, 0.1) is 0 Å². The van der Waals surface area contributed by atoms with Crippen LogP contribution in [0.3, 0.4) is 0 Å². The maximum absolute atomic E-state index is 12.3. The Morgan fingerprint density at radius 2 is 1.75 bits per heavy atom. The molecule has 0 aliphatic rings. The van der Waals surface area contributed by atoms with Crippen molar-refractivity contribution >= 4 is 28.2 Å². The minimum atomic E-state index is -0.0736. The van der Waals surface area contributed by atoms with Gasteiger partial charge in [0.15, 0.2) is 0 Å². The molecule has 1 amide bonds. The average Bonchev–Trinajstić information content (AvgIpc) is 2.69. The van der Waals surface area contributed by atoms with Crippen LogP contribution in [0.5, 0.6) is 0 Å². The van der Waals surface area contributed by atoms with Crippen molar-refractivity contribution in [2.24, 2.45) is 0 Å². The number of benzene rings is 2. The lowest BCUT2D eigenvalue weighted by atomic mass is 10.1. The highest BCUT2D eigenvalue weighted by atomic mass is 16.1. The summed E-state index contributed by atoms with van der Waals surface area (Å²) in [6.07, 6.45) is 1.01. The summed E-state index contributed by atoms with van der Waals surface area (Å²) in [7, 11) is 0. The molecule has 1 aromatic heterocycles. The van der Waals surface area contributed by atoms with E-state index in [1.807, 2.05) is 48.5 Å². The highest BCUT2D eigenvalue weighted by Gasteiger charge is 2.06. The highest BCUT2D eigenvalue weighted by molar-refractivity contribution is 5.91. The molecule has 1 heterocycles. The van der Waals surface area contributed by atoms with E-state index in [1.54, 1.807) is 6.92 Å². The van der Waals surface area contributed by atoms with Gasteiger partial charge in [0.1, 0.15) is 0 Å². The Morgan fingerprint density at radius 3 is 2.43 bits per heavy atom. The minimum Gasteiger partial charge on any atom is -0.372 e.